The van der Waals surface area contributed by atoms with Crippen molar-refractivity contribution >= 4 is 28.3 Å². The van der Waals surface area contributed by atoms with Gasteiger partial charge in [-0.25, -0.2) is 4.39 Å². The van der Waals surface area contributed by atoms with Crippen LogP contribution in [0.3, 0.4) is 0 Å². The highest BCUT2D eigenvalue weighted by Crippen LogP contribution is 2.18. The predicted molar refractivity (Wildman–Crippen MR) is 76.1 cm³/mol. The lowest BCUT2D eigenvalue weighted by molar-refractivity contribution is -0.138. The normalized spacial score (nSPS) is 10.2. The third-order valence-corrected chi connectivity index (χ3v) is 3.27. The molecule has 0 atom stereocenters. The number of aromatic nitrogens is 2. The van der Waals surface area contributed by atoms with E-state index in [9.17, 15) is 14.0 Å². The number of benzene rings is 1. The number of anilines is 1. The largest absolute Gasteiger partial charge is 0.486 e. The average molecular weight is 325 g/mol. The monoisotopic (exact) mass is 325 g/mol. The van der Waals surface area contributed by atoms with E-state index in [-0.39, 0.29) is 30.4 Å². The standard InChI is InChI=1S/C13H12FN3O4S/c14-8-1-3-9(4-2-8)21-7-11-16-17-13(22-11)15-10(18)5-6-12(19)20/h1-4H,5-7H2,(H,19,20)(H,15,17,18). The first-order valence-corrected chi connectivity index (χ1v) is 7.07. The van der Waals surface area contributed by atoms with Crippen LogP contribution < -0.4 is 10.1 Å². The van der Waals surface area contributed by atoms with Gasteiger partial charge in [0.05, 0.1) is 6.42 Å². The molecule has 0 aliphatic rings. The van der Waals surface area contributed by atoms with E-state index in [2.05, 4.69) is 15.5 Å². The van der Waals surface area contributed by atoms with Crippen LogP contribution in [-0.4, -0.2) is 27.2 Å². The van der Waals surface area contributed by atoms with E-state index >= 15 is 0 Å². The van der Waals surface area contributed by atoms with E-state index in [4.69, 9.17) is 9.84 Å². The second-order valence-electron chi connectivity index (χ2n) is 4.19. The molecule has 1 aromatic heterocycles. The number of halogens is 1. The molecule has 7 nitrogen and oxygen atoms in total. The molecule has 0 saturated heterocycles. The number of hydrogen-bond donors (Lipinski definition) is 2. The molecular weight excluding hydrogens is 313 g/mol. The quantitative estimate of drug-likeness (QED) is 0.808. The molecule has 2 N–H and O–H groups in total. The maximum absolute atomic E-state index is 12.7. The van der Waals surface area contributed by atoms with E-state index in [1.807, 2.05) is 0 Å². The lowest BCUT2D eigenvalue weighted by Crippen LogP contribution is -2.12. The summed E-state index contributed by atoms with van der Waals surface area (Å²) in [5, 5.41) is 19.3. The number of carboxylic acids is 1. The lowest BCUT2D eigenvalue weighted by Gasteiger charge is -2.02. The van der Waals surface area contributed by atoms with Gasteiger partial charge in [0.1, 0.15) is 18.2 Å². The molecule has 0 aliphatic heterocycles. The van der Waals surface area contributed by atoms with Crippen LogP contribution in [0.1, 0.15) is 17.8 Å². The zero-order chi connectivity index (χ0) is 15.9. The summed E-state index contributed by atoms with van der Waals surface area (Å²) in [6, 6.07) is 5.54. The summed E-state index contributed by atoms with van der Waals surface area (Å²) in [6.07, 6.45) is -0.374. The maximum atomic E-state index is 12.7. The van der Waals surface area contributed by atoms with Crippen molar-refractivity contribution in [1.29, 1.82) is 0 Å². The Morgan fingerprint density at radius 3 is 2.64 bits per heavy atom. The highest BCUT2D eigenvalue weighted by atomic mass is 32.1. The number of aliphatic carboxylic acids is 1. The minimum absolute atomic E-state index is 0.129. The molecule has 9 heteroatoms. The Kier molecular flexibility index (Phi) is 5.37. The highest BCUT2D eigenvalue weighted by molar-refractivity contribution is 7.15. The van der Waals surface area contributed by atoms with E-state index in [1.165, 1.54) is 24.3 Å². The van der Waals surface area contributed by atoms with E-state index < -0.39 is 11.9 Å². The summed E-state index contributed by atoms with van der Waals surface area (Å²) in [4.78, 5) is 21.8. The first kappa shape index (κ1) is 15.8. The molecule has 1 amide bonds. The van der Waals surface area contributed by atoms with E-state index in [0.29, 0.717) is 10.8 Å². The minimum atomic E-state index is -1.04. The van der Waals surface area contributed by atoms with Crippen LogP contribution in [0, 0.1) is 5.82 Å². The van der Waals surface area contributed by atoms with Gasteiger partial charge in [-0.2, -0.15) is 0 Å². The lowest BCUT2D eigenvalue weighted by atomic mass is 10.3. The van der Waals surface area contributed by atoms with E-state index in [0.717, 1.165) is 11.3 Å². The van der Waals surface area contributed by atoms with Crippen LogP contribution in [0.15, 0.2) is 24.3 Å². The van der Waals surface area contributed by atoms with Crippen LogP contribution in [0.4, 0.5) is 9.52 Å². The molecule has 0 saturated carbocycles. The van der Waals surface area contributed by atoms with Crippen LogP contribution in [-0.2, 0) is 16.2 Å². The molecule has 0 spiro atoms. The summed E-state index contributed by atoms with van der Waals surface area (Å²) in [5.41, 5.74) is 0. The van der Waals surface area contributed by atoms with Crippen molar-refractivity contribution < 1.29 is 23.8 Å². The summed E-state index contributed by atoms with van der Waals surface area (Å²) < 4.78 is 18.1. The van der Waals surface area contributed by atoms with Crippen LogP contribution in [0.25, 0.3) is 0 Å². The summed E-state index contributed by atoms with van der Waals surface area (Å²) in [7, 11) is 0. The summed E-state index contributed by atoms with van der Waals surface area (Å²) >= 11 is 1.12. The number of nitrogens with zero attached hydrogens (tertiary/aromatic N) is 2. The van der Waals surface area contributed by atoms with Crippen molar-refractivity contribution in [2.75, 3.05) is 5.32 Å². The number of carbonyl (C=O) groups is 2. The number of carbonyl (C=O) groups excluding carboxylic acids is 1. The molecule has 0 unspecified atom stereocenters. The molecule has 2 rings (SSSR count). The van der Waals surface area contributed by atoms with Gasteiger partial charge < -0.3 is 15.2 Å². The Morgan fingerprint density at radius 2 is 1.95 bits per heavy atom. The van der Waals surface area contributed by atoms with Crippen LogP contribution >= 0.6 is 11.3 Å². The number of amides is 1. The van der Waals surface area contributed by atoms with Crippen molar-refractivity contribution in [2.45, 2.75) is 19.4 Å². The third-order valence-electron chi connectivity index (χ3n) is 2.46. The molecule has 0 fully saturated rings. The van der Waals surface area contributed by atoms with Crippen LogP contribution in [0.2, 0.25) is 0 Å². The minimum Gasteiger partial charge on any atom is -0.486 e. The number of carboxylic acid groups (broad SMARTS) is 1. The van der Waals surface area contributed by atoms with Gasteiger partial charge in [-0.3, -0.25) is 9.59 Å². The number of ether oxygens (including phenoxy) is 1. The fourth-order valence-corrected chi connectivity index (χ4v) is 2.11. The van der Waals surface area contributed by atoms with Crippen molar-refractivity contribution in [2.24, 2.45) is 0 Å². The Bertz CT molecular complexity index is 660. The average Bonchev–Trinajstić information content (AvgIpc) is 2.92. The smallest absolute Gasteiger partial charge is 0.303 e. The molecule has 22 heavy (non-hydrogen) atoms. The van der Waals surface area contributed by atoms with Gasteiger partial charge in [0, 0.05) is 6.42 Å². The van der Waals surface area contributed by atoms with E-state index in [1.54, 1.807) is 0 Å². The van der Waals surface area contributed by atoms with Gasteiger partial charge in [0.2, 0.25) is 11.0 Å². The Balaban J connectivity index is 1.82. The molecule has 1 heterocycles. The van der Waals surface area contributed by atoms with Gasteiger partial charge in [-0.1, -0.05) is 11.3 Å². The summed E-state index contributed by atoms with van der Waals surface area (Å²) in [6.45, 7) is 0.133. The molecule has 0 aliphatic carbocycles. The predicted octanol–water partition coefficient (Wildman–Crippen LogP) is 2.06. The van der Waals surface area contributed by atoms with Gasteiger partial charge in [-0.15, -0.1) is 10.2 Å². The molecule has 1 aromatic carbocycles. The number of nitrogens with one attached hydrogen (secondary N) is 1. The second kappa shape index (κ2) is 7.46. The molecule has 2 aromatic rings. The van der Waals surface area contributed by atoms with Crippen molar-refractivity contribution in [3.8, 4) is 5.75 Å². The first-order chi connectivity index (χ1) is 10.5. The maximum Gasteiger partial charge on any atom is 0.303 e. The fraction of sp³-hybridized carbons (Fsp3) is 0.231. The number of rotatable bonds is 7. The Hall–Kier alpha value is -2.55. The molecule has 0 bridgehead atoms. The van der Waals surface area contributed by atoms with Gasteiger partial charge >= 0.3 is 5.97 Å². The van der Waals surface area contributed by atoms with Crippen LogP contribution in [0.5, 0.6) is 5.75 Å². The SMILES string of the molecule is O=C(O)CCC(=O)Nc1nnc(COc2ccc(F)cc2)s1. The second-order valence-corrected chi connectivity index (χ2v) is 5.25. The zero-order valence-electron chi connectivity index (χ0n) is 11.3. The molecule has 116 valence electrons. The van der Waals surface area contributed by atoms with Gasteiger partial charge in [0.15, 0.2) is 5.01 Å². The highest BCUT2D eigenvalue weighted by Gasteiger charge is 2.10. The van der Waals surface area contributed by atoms with Gasteiger partial charge in [-0.05, 0) is 24.3 Å². The van der Waals surface area contributed by atoms with Crippen molar-refractivity contribution in [3.05, 3.63) is 35.1 Å². The fourth-order valence-electron chi connectivity index (χ4n) is 1.44. The molecular formula is C13H12FN3O4S. The Labute approximate surface area is 128 Å². The van der Waals surface area contributed by atoms with Crippen molar-refractivity contribution in [3.63, 3.8) is 0 Å². The van der Waals surface area contributed by atoms with Crippen molar-refractivity contribution in [1.82, 2.24) is 10.2 Å². The first-order valence-electron chi connectivity index (χ1n) is 6.25. The zero-order valence-corrected chi connectivity index (χ0v) is 12.1. The topological polar surface area (TPSA) is 101 Å². The number of hydrogen-bond acceptors (Lipinski definition) is 6. The third kappa shape index (κ3) is 5.09. The van der Waals surface area contributed by atoms with Gasteiger partial charge in [0.25, 0.3) is 0 Å². The molecule has 0 radical (unpaired) electrons. The Morgan fingerprint density at radius 1 is 1.23 bits per heavy atom. The summed E-state index contributed by atoms with van der Waals surface area (Å²) in [5.74, 6) is -1.34.